The number of carbonyl (C=O) groups is 1. The topological polar surface area (TPSA) is 103 Å². The molecule has 1 aromatic heterocycles. The van der Waals surface area contributed by atoms with Crippen molar-refractivity contribution in [1.29, 1.82) is 0 Å². The number of nitrogens with two attached hydrogens (primary N) is 1. The fourth-order valence-corrected chi connectivity index (χ4v) is 2.67. The van der Waals surface area contributed by atoms with Gasteiger partial charge in [-0.1, -0.05) is 11.8 Å². The highest BCUT2D eigenvalue weighted by atomic mass is 32.2. The summed E-state index contributed by atoms with van der Waals surface area (Å²) in [6, 6.07) is 6.32. The number of aromatic nitrogens is 3. The summed E-state index contributed by atoms with van der Waals surface area (Å²) in [6.45, 7) is 0.475. The summed E-state index contributed by atoms with van der Waals surface area (Å²) in [5, 5.41) is 17.7. The van der Waals surface area contributed by atoms with Crippen molar-refractivity contribution in [3.05, 3.63) is 35.7 Å². The maximum atomic E-state index is 10.7. The maximum absolute atomic E-state index is 10.7. The van der Waals surface area contributed by atoms with Gasteiger partial charge in [0.05, 0.1) is 12.2 Å². The lowest BCUT2D eigenvalue weighted by Crippen LogP contribution is -2.14. The van der Waals surface area contributed by atoms with Crippen LogP contribution in [0.3, 0.4) is 0 Å². The highest BCUT2D eigenvalue weighted by Gasteiger charge is 2.29. The maximum Gasteiger partial charge on any atom is 0.335 e. The largest absolute Gasteiger partial charge is 0.493 e. The van der Waals surface area contributed by atoms with Gasteiger partial charge in [0.15, 0.2) is 5.82 Å². The zero-order chi connectivity index (χ0) is 15.5. The van der Waals surface area contributed by atoms with Crippen LogP contribution in [0, 0.1) is 0 Å². The van der Waals surface area contributed by atoms with Gasteiger partial charge in [-0.3, -0.25) is 0 Å². The van der Waals surface area contributed by atoms with Gasteiger partial charge in [0.25, 0.3) is 0 Å². The van der Waals surface area contributed by atoms with E-state index in [0.717, 1.165) is 18.7 Å². The molecule has 8 heteroatoms. The number of thioether (sulfide) groups is 1. The number of rotatable bonds is 7. The van der Waals surface area contributed by atoms with Crippen LogP contribution < -0.4 is 10.6 Å². The van der Waals surface area contributed by atoms with Crippen molar-refractivity contribution in [2.24, 2.45) is 0 Å². The van der Waals surface area contributed by atoms with Crippen LogP contribution in [0.1, 0.15) is 34.9 Å². The molecule has 0 radical (unpaired) electrons. The van der Waals surface area contributed by atoms with E-state index in [1.807, 2.05) is 0 Å². The Labute approximate surface area is 131 Å². The molecule has 2 aromatic rings. The fourth-order valence-electron chi connectivity index (χ4n) is 1.99. The molecule has 0 aliphatic heterocycles. The van der Waals surface area contributed by atoms with E-state index in [1.165, 1.54) is 23.9 Å². The molecular formula is C14H16N4O3S. The highest BCUT2D eigenvalue weighted by molar-refractivity contribution is 7.99. The number of carboxylic acid groups (broad SMARTS) is 1. The van der Waals surface area contributed by atoms with Gasteiger partial charge in [0.1, 0.15) is 5.75 Å². The first-order valence-electron chi connectivity index (χ1n) is 6.94. The summed E-state index contributed by atoms with van der Waals surface area (Å²) in [6.07, 6.45) is 2.27. The number of carboxylic acids is 1. The van der Waals surface area contributed by atoms with E-state index in [1.54, 1.807) is 16.8 Å². The zero-order valence-corrected chi connectivity index (χ0v) is 12.6. The van der Waals surface area contributed by atoms with E-state index in [-0.39, 0.29) is 5.56 Å². The molecule has 0 bridgehead atoms. The number of hydrogen-bond donors (Lipinski definition) is 2. The fraction of sp³-hybridized carbons (Fsp3) is 0.357. The van der Waals surface area contributed by atoms with Crippen LogP contribution in [0.25, 0.3) is 0 Å². The third-order valence-electron chi connectivity index (χ3n) is 3.32. The SMILES string of the molecule is Nn1c(SCCOc2ccc(C(=O)O)cc2)nnc1C1CC1. The quantitative estimate of drug-likeness (QED) is 0.455. The molecule has 0 unspecified atom stereocenters. The second-order valence-electron chi connectivity index (χ2n) is 5.01. The van der Waals surface area contributed by atoms with Crippen LogP contribution in [0.4, 0.5) is 0 Å². The summed E-state index contributed by atoms with van der Waals surface area (Å²) in [4.78, 5) is 10.7. The number of ether oxygens (including phenoxy) is 1. The van der Waals surface area contributed by atoms with Crippen LogP contribution in [0.5, 0.6) is 5.75 Å². The molecule has 7 nitrogen and oxygen atoms in total. The van der Waals surface area contributed by atoms with Gasteiger partial charge in [-0.2, -0.15) is 0 Å². The monoisotopic (exact) mass is 320 g/mol. The standard InChI is InChI=1S/C14H16N4O3S/c15-18-12(9-1-2-9)16-17-14(18)22-8-7-21-11-5-3-10(4-6-11)13(19)20/h3-6,9H,1-2,7-8,15H2,(H,19,20). The van der Waals surface area contributed by atoms with Crippen molar-refractivity contribution in [2.75, 3.05) is 18.2 Å². The Kier molecular flexibility index (Phi) is 4.19. The predicted octanol–water partition coefficient (Wildman–Crippen LogP) is 1.74. The van der Waals surface area contributed by atoms with Crippen LogP contribution in [0.15, 0.2) is 29.4 Å². The molecule has 3 rings (SSSR count). The second-order valence-corrected chi connectivity index (χ2v) is 6.07. The highest BCUT2D eigenvalue weighted by Crippen LogP contribution is 2.39. The first kappa shape index (κ1) is 14.7. The van der Waals surface area contributed by atoms with Gasteiger partial charge in [-0.15, -0.1) is 10.2 Å². The Balaban J connectivity index is 1.46. The molecule has 1 saturated carbocycles. The smallest absolute Gasteiger partial charge is 0.335 e. The molecule has 1 heterocycles. The average Bonchev–Trinajstić information content (AvgIpc) is 3.29. The Morgan fingerprint density at radius 3 is 2.73 bits per heavy atom. The lowest BCUT2D eigenvalue weighted by molar-refractivity contribution is 0.0697. The molecule has 0 spiro atoms. The molecule has 0 atom stereocenters. The van der Waals surface area contributed by atoms with Crippen LogP contribution in [-0.2, 0) is 0 Å². The van der Waals surface area contributed by atoms with Crippen molar-refractivity contribution < 1.29 is 14.6 Å². The minimum absolute atomic E-state index is 0.241. The van der Waals surface area contributed by atoms with Gasteiger partial charge in [0.2, 0.25) is 5.16 Å². The van der Waals surface area contributed by atoms with Crippen molar-refractivity contribution in [1.82, 2.24) is 14.9 Å². The van der Waals surface area contributed by atoms with E-state index in [4.69, 9.17) is 15.7 Å². The first-order valence-corrected chi connectivity index (χ1v) is 7.93. The average molecular weight is 320 g/mol. The summed E-state index contributed by atoms with van der Waals surface area (Å²) >= 11 is 1.49. The Morgan fingerprint density at radius 1 is 1.36 bits per heavy atom. The Morgan fingerprint density at radius 2 is 2.09 bits per heavy atom. The predicted molar refractivity (Wildman–Crippen MR) is 81.8 cm³/mol. The number of nitrogen functional groups attached to an aromatic ring is 1. The number of nitrogens with zero attached hydrogens (tertiary/aromatic N) is 3. The Bertz CT molecular complexity index is 667. The first-order chi connectivity index (χ1) is 10.6. The molecule has 0 amide bonds. The van der Waals surface area contributed by atoms with E-state index < -0.39 is 5.97 Å². The summed E-state index contributed by atoms with van der Waals surface area (Å²) in [5.41, 5.74) is 0.241. The molecule has 0 saturated heterocycles. The lowest BCUT2D eigenvalue weighted by atomic mass is 10.2. The normalized spacial score (nSPS) is 14.0. The van der Waals surface area contributed by atoms with E-state index in [9.17, 15) is 4.79 Å². The van der Waals surface area contributed by atoms with Crippen LogP contribution in [-0.4, -0.2) is 38.3 Å². The minimum Gasteiger partial charge on any atom is -0.493 e. The second kappa shape index (κ2) is 6.27. The van der Waals surface area contributed by atoms with Crippen molar-refractivity contribution >= 4 is 17.7 Å². The van der Waals surface area contributed by atoms with Gasteiger partial charge in [0, 0.05) is 11.7 Å². The summed E-state index contributed by atoms with van der Waals surface area (Å²) in [5.74, 6) is 7.65. The molecule has 3 N–H and O–H groups in total. The third kappa shape index (κ3) is 3.33. The lowest BCUT2D eigenvalue weighted by Gasteiger charge is -2.06. The Hall–Kier alpha value is -2.22. The minimum atomic E-state index is -0.948. The van der Waals surface area contributed by atoms with Gasteiger partial charge in [-0.05, 0) is 37.1 Å². The van der Waals surface area contributed by atoms with Crippen molar-refractivity contribution in [3.63, 3.8) is 0 Å². The summed E-state index contributed by atoms with van der Waals surface area (Å²) < 4.78 is 7.12. The number of aromatic carboxylic acids is 1. The molecular weight excluding hydrogens is 304 g/mol. The van der Waals surface area contributed by atoms with E-state index in [2.05, 4.69) is 10.2 Å². The number of hydrogen-bond acceptors (Lipinski definition) is 6. The van der Waals surface area contributed by atoms with E-state index in [0.29, 0.717) is 29.2 Å². The molecule has 22 heavy (non-hydrogen) atoms. The molecule has 1 fully saturated rings. The van der Waals surface area contributed by atoms with Crippen molar-refractivity contribution in [3.8, 4) is 5.75 Å². The van der Waals surface area contributed by atoms with Gasteiger partial charge < -0.3 is 15.7 Å². The third-order valence-corrected chi connectivity index (χ3v) is 4.23. The van der Waals surface area contributed by atoms with Gasteiger partial charge >= 0.3 is 5.97 Å². The molecule has 116 valence electrons. The summed E-state index contributed by atoms with van der Waals surface area (Å²) in [7, 11) is 0. The molecule has 1 aliphatic rings. The zero-order valence-electron chi connectivity index (χ0n) is 11.8. The molecule has 1 aromatic carbocycles. The number of benzene rings is 1. The molecule has 1 aliphatic carbocycles. The van der Waals surface area contributed by atoms with E-state index >= 15 is 0 Å². The van der Waals surface area contributed by atoms with Crippen molar-refractivity contribution in [2.45, 2.75) is 23.9 Å². The van der Waals surface area contributed by atoms with Crippen LogP contribution >= 0.6 is 11.8 Å². The van der Waals surface area contributed by atoms with Gasteiger partial charge in [-0.25, -0.2) is 9.47 Å². The van der Waals surface area contributed by atoms with Crippen LogP contribution in [0.2, 0.25) is 0 Å².